The number of nitrogens with two attached hydrogens (primary N) is 1. The molecule has 2 aromatic rings. The van der Waals surface area contributed by atoms with Crippen LogP contribution in [0.5, 0.6) is 0 Å². The van der Waals surface area contributed by atoms with Crippen LogP contribution in [0.4, 0.5) is 10.3 Å². The molecule has 0 bridgehead atoms. The van der Waals surface area contributed by atoms with E-state index in [9.17, 15) is 4.39 Å². The molecule has 0 aliphatic heterocycles. The Morgan fingerprint density at radius 3 is 2.80 bits per heavy atom. The molecular formula is C10H8BrFN2O. The summed E-state index contributed by atoms with van der Waals surface area (Å²) in [6.45, 7) is 1.87. The number of nitrogen functional groups attached to an aromatic ring is 1. The molecule has 2 rings (SSSR count). The van der Waals surface area contributed by atoms with Gasteiger partial charge in [0.15, 0.2) is 0 Å². The van der Waals surface area contributed by atoms with E-state index in [2.05, 4.69) is 21.1 Å². The van der Waals surface area contributed by atoms with Gasteiger partial charge in [-0.25, -0.2) is 4.39 Å². The Hall–Kier alpha value is -1.36. The molecule has 0 unspecified atom stereocenters. The van der Waals surface area contributed by atoms with Crippen molar-refractivity contribution in [1.82, 2.24) is 5.16 Å². The third kappa shape index (κ3) is 1.63. The molecule has 0 spiro atoms. The van der Waals surface area contributed by atoms with E-state index in [1.807, 2.05) is 6.92 Å². The molecule has 1 heterocycles. The van der Waals surface area contributed by atoms with Crippen LogP contribution in [0.3, 0.4) is 0 Å². The average molecular weight is 271 g/mol. The maximum atomic E-state index is 13.3. The highest BCUT2D eigenvalue weighted by molar-refractivity contribution is 9.10. The Labute approximate surface area is 94.2 Å². The number of halogens is 2. The number of hydrogen-bond acceptors (Lipinski definition) is 3. The zero-order chi connectivity index (χ0) is 11.0. The number of aryl methyl sites for hydroxylation is 1. The predicted molar refractivity (Wildman–Crippen MR) is 58.7 cm³/mol. The van der Waals surface area contributed by atoms with Gasteiger partial charge in [0, 0.05) is 5.56 Å². The van der Waals surface area contributed by atoms with E-state index >= 15 is 0 Å². The number of rotatable bonds is 1. The number of anilines is 1. The minimum Gasteiger partial charge on any atom is -0.367 e. The smallest absolute Gasteiger partial charge is 0.230 e. The molecule has 0 saturated carbocycles. The topological polar surface area (TPSA) is 52.0 Å². The predicted octanol–water partition coefficient (Wildman–Crippen LogP) is 3.13. The van der Waals surface area contributed by atoms with Crippen LogP contribution in [-0.2, 0) is 0 Å². The maximum absolute atomic E-state index is 13.3. The molecule has 0 fully saturated rings. The maximum Gasteiger partial charge on any atom is 0.230 e. The molecular weight excluding hydrogens is 263 g/mol. The fourth-order valence-corrected chi connectivity index (χ4v) is 2.07. The molecule has 1 aromatic heterocycles. The van der Waals surface area contributed by atoms with E-state index < -0.39 is 0 Å². The van der Waals surface area contributed by atoms with E-state index in [4.69, 9.17) is 10.3 Å². The monoisotopic (exact) mass is 270 g/mol. The van der Waals surface area contributed by atoms with Crippen molar-refractivity contribution < 1.29 is 8.91 Å². The molecule has 0 atom stereocenters. The molecule has 0 aliphatic rings. The summed E-state index contributed by atoms with van der Waals surface area (Å²) in [5.74, 6) is -0.152. The van der Waals surface area contributed by atoms with Crippen molar-refractivity contribution >= 4 is 21.8 Å². The van der Waals surface area contributed by atoms with Crippen molar-refractivity contribution in [2.75, 3.05) is 5.73 Å². The van der Waals surface area contributed by atoms with Crippen molar-refractivity contribution in [2.24, 2.45) is 0 Å². The van der Waals surface area contributed by atoms with E-state index in [1.54, 1.807) is 6.07 Å². The third-order valence-corrected chi connectivity index (χ3v) is 2.95. The molecule has 78 valence electrons. The number of aromatic nitrogens is 1. The molecule has 0 saturated heterocycles. The second-order valence-electron chi connectivity index (χ2n) is 3.16. The van der Waals surface area contributed by atoms with Crippen LogP contribution in [0.15, 0.2) is 27.3 Å². The minimum absolute atomic E-state index is 0.185. The lowest BCUT2D eigenvalue weighted by Crippen LogP contribution is -1.91. The highest BCUT2D eigenvalue weighted by Gasteiger charge is 2.15. The normalized spacial score (nSPS) is 10.6. The summed E-state index contributed by atoms with van der Waals surface area (Å²) in [6.07, 6.45) is 1.47. The molecule has 3 nitrogen and oxygen atoms in total. The van der Waals surface area contributed by atoms with Crippen molar-refractivity contribution in [1.29, 1.82) is 0 Å². The second kappa shape index (κ2) is 3.66. The SMILES string of the molecule is Cc1ccc(F)c(Br)c1-c1cnoc1N. The van der Waals surface area contributed by atoms with Crippen LogP contribution in [0.25, 0.3) is 11.1 Å². The highest BCUT2D eigenvalue weighted by Crippen LogP contribution is 2.36. The largest absolute Gasteiger partial charge is 0.367 e. The lowest BCUT2D eigenvalue weighted by molar-refractivity contribution is 0.436. The number of nitrogens with zero attached hydrogens (tertiary/aromatic N) is 1. The van der Waals surface area contributed by atoms with Gasteiger partial charge in [0.25, 0.3) is 0 Å². The van der Waals surface area contributed by atoms with Crippen LogP contribution in [-0.4, -0.2) is 5.16 Å². The van der Waals surface area contributed by atoms with Gasteiger partial charge in [0.1, 0.15) is 5.82 Å². The molecule has 0 aliphatic carbocycles. The Bertz CT molecular complexity index is 510. The van der Waals surface area contributed by atoms with Gasteiger partial charge in [-0.2, -0.15) is 0 Å². The van der Waals surface area contributed by atoms with E-state index in [0.29, 0.717) is 15.6 Å². The van der Waals surface area contributed by atoms with Crippen LogP contribution in [0.1, 0.15) is 5.56 Å². The summed E-state index contributed by atoms with van der Waals surface area (Å²) >= 11 is 3.19. The molecule has 15 heavy (non-hydrogen) atoms. The third-order valence-electron chi connectivity index (χ3n) is 2.17. The fraction of sp³-hybridized carbons (Fsp3) is 0.100. The lowest BCUT2D eigenvalue weighted by atomic mass is 10.0. The van der Waals surface area contributed by atoms with Crippen LogP contribution >= 0.6 is 15.9 Å². The van der Waals surface area contributed by atoms with Gasteiger partial charge < -0.3 is 10.3 Å². The first-order chi connectivity index (χ1) is 7.11. The van der Waals surface area contributed by atoms with E-state index in [-0.39, 0.29) is 11.7 Å². The summed E-state index contributed by atoms with van der Waals surface area (Å²) in [4.78, 5) is 0. The molecule has 0 radical (unpaired) electrons. The summed E-state index contributed by atoms with van der Waals surface area (Å²) in [6, 6.07) is 3.08. The van der Waals surface area contributed by atoms with Gasteiger partial charge in [-0.05, 0) is 34.5 Å². The van der Waals surface area contributed by atoms with Crippen LogP contribution in [0, 0.1) is 12.7 Å². The van der Waals surface area contributed by atoms with Gasteiger partial charge in [0.05, 0.1) is 16.2 Å². The van der Waals surface area contributed by atoms with Gasteiger partial charge in [-0.1, -0.05) is 11.2 Å². The van der Waals surface area contributed by atoms with Gasteiger partial charge in [-0.3, -0.25) is 0 Å². The summed E-state index contributed by atoms with van der Waals surface area (Å²) in [5.41, 5.74) is 7.76. The van der Waals surface area contributed by atoms with E-state index in [0.717, 1.165) is 5.56 Å². The Balaban J connectivity index is 2.72. The Morgan fingerprint density at radius 2 is 2.20 bits per heavy atom. The molecule has 2 N–H and O–H groups in total. The van der Waals surface area contributed by atoms with Crippen molar-refractivity contribution in [3.05, 3.63) is 34.2 Å². The second-order valence-corrected chi connectivity index (χ2v) is 3.95. The van der Waals surface area contributed by atoms with Crippen molar-refractivity contribution in [3.8, 4) is 11.1 Å². The number of hydrogen-bond donors (Lipinski definition) is 1. The summed E-state index contributed by atoms with van der Waals surface area (Å²) in [7, 11) is 0. The molecule has 1 aromatic carbocycles. The number of benzene rings is 1. The first-order valence-corrected chi connectivity index (χ1v) is 5.05. The first kappa shape index (κ1) is 10.2. The van der Waals surface area contributed by atoms with Gasteiger partial charge in [-0.15, -0.1) is 0 Å². The lowest BCUT2D eigenvalue weighted by Gasteiger charge is -2.07. The van der Waals surface area contributed by atoms with Crippen molar-refractivity contribution in [3.63, 3.8) is 0 Å². The van der Waals surface area contributed by atoms with Crippen LogP contribution in [0.2, 0.25) is 0 Å². The van der Waals surface area contributed by atoms with Crippen molar-refractivity contribution in [2.45, 2.75) is 6.92 Å². The van der Waals surface area contributed by atoms with Crippen LogP contribution < -0.4 is 5.73 Å². The zero-order valence-electron chi connectivity index (χ0n) is 7.92. The Morgan fingerprint density at radius 1 is 1.47 bits per heavy atom. The van der Waals surface area contributed by atoms with Gasteiger partial charge >= 0.3 is 0 Å². The zero-order valence-corrected chi connectivity index (χ0v) is 9.51. The quantitative estimate of drug-likeness (QED) is 0.866. The minimum atomic E-state index is -0.337. The fourth-order valence-electron chi connectivity index (χ4n) is 1.41. The average Bonchev–Trinajstić information content (AvgIpc) is 2.60. The van der Waals surface area contributed by atoms with Gasteiger partial charge in [0.2, 0.25) is 5.88 Å². The molecule has 0 amide bonds. The summed E-state index contributed by atoms with van der Waals surface area (Å²) < 4.78 is 18.5. The summed E-state index contributed by atoms with van der Waals surface area (Å²) in [5, 5.41) is 3.57. The first-order valence-electron chi connectivity index (χ1n) is 4.26. The molecule has 5 heteroatoms. The van der Waals surface area contributed by atoms with E-state index in [1.165, 1.54) is 12.3 Å². The Kier molecular flexibility index (Phi) is 2.48. The standard InChI is InChI=1S/C10H8BrFN2O/c1-5-2-3-7(12)9(11)8(5)6-4-14-15-10(6)13/h2-4H,13H2,1H3. The highest BCUT2D eigenvalue weighted by atomic mass is 79.9.